The number of non-ortho nitro benzene ring substituents is 1. The predicted molar refractivity (Wildman–Crippen MR) is 67.5 cm³/mol. The lowest BCUT2D eigenvalue weighted by Crippen LogP contribution is -2.39. The highest BCUT2D eigenvalue weighted by Crippen LogP contribution is 2.50. The van der Waals surface area contributed by atoms with Gasteiger partial charge in [0.2, 0.25) is 0 Å². The summed E-state index contributed by atoms with van der Waals surface area (Å²) in [6.07, 6.45) is 3.37. The van der Waals surface area contributed by atoms with Crippen LogP contribution in [0.1, 0.15) is 18.4 Å². The van der Waals surface area contributed by atoms with Crippen molar-refractivity contribution in [3.63, 3.8) is 0 Å². The lowest BCUT2D eigenvalue weighted by Gasteiger charge is -2.32. The summed E-state index contributed by atoms with van der Waals surface area (Å²) in [7, 11) is 0. The maximum Gasteiger partial charge on any atom is 0.270 e. The first kappa shape index (κ1) is 11.0. The van der Waals surface area contributed by atoms with Gasteiger partial charge in [-0.05, 0) is 37.9 Å². The van der Waals surface area contributed by atoms with Gasteiger partial charge in [0.05, 0.1) is 4.92 Å². The summed E-state index contributed by atoms with van der Waals surface area (Å²) in [5.41, 5.74) is 1.49. The van der Waals surface area contributed by atoms with E-state index in [1.807, 2.05) is 17.8 Å². The third kappa shape index (κ3) is 1.93. The van der Waals surface area contributed by atoms with Crippen molar-refractivity contribution in [2.24, 2.45) is 0 Å². The van der Waals surface area contributed by atoms with Crippen LogP contribution in [0.2, 0.25) is 0 Å². The van der Waals surface area contributed by atoms with E-state index < -0.39 is 0 Å². The largest absolute Gasteiger partial charge is 0.317 e. The summed E-state index contributed by atoms with van der Waals surface area (Å²) in [5, 5.41) is 14.1. The lowest BCUT2D eigenvalue weighted by molar-refractivity contribution is -0.385. The average molecular weight is 250 g/mol. The van der Waals surface area contributed by atoms with Gasteiger partial charge >= 0.3 is 0 Å². The van der Waals surface area contributed by atoms with Gasteiger partial charge in [0.1, 0.15) is 0 Å². The van der Waals surface area contributed by atoms with E-state index in [1.165, 1.54) is 5.56 Å². The van der Waals surface area contributed by atoms with Crippen LogP contribution in [-0.2, 0) is 6.42 Å². The number of hydrogen-bond donors (Lipinski definition) is 1. The van der Waals surface area contributed by atoms with Crippen LogP contribution in [0.5, 0.6) is 0 Å². The highest BCUT2D eigenvalue weighted by atomic mass is 32.2. The summed E-state index contributed by atoms with van der Waals surface area (Å²) >= 11 is 1.85. The van der Waals surface area contributed by atoms with Crippen LogP contribution in [-0.4, -0.2) is 22.8 Å². The fourth-order valence-corrected chi connectivity index (χ4v) is 4.23. The van der Waals surface area contributed by atoms with Crippen LogP contribution in [0, 0.1) is 10.1 Å². The molecule has 2 aliphatic heterocycles. The molecule has 1 fully saturated rings. The zero-order chi connectivity index (χ0) is 11.9. The van der Waals surface area contributed by atoms with Gasteiger partial charge in [0.15, 0.2) is 0 Å². The molecule has 0 saturated carbocycles. The summed E-state index contributed by atoms with van der Waals surface area (Å²) in [6, 6.07) is 5.29. The summed E-state index contributed by atoms with van der Waals surface area (Å²) < 4.78 is 0.294. The molecule has 5 heteroatoms. The van der Waals surface area contributed by atoms with Crippen LogP contribution < -0.4 is 5.32 Å². The standard InChI is InChI=1S/C12H14N2O2S/c15-14(16)10-2-1-9-8-12(17-11(9)7-10)3-5-13-6-4-12/h1-2,7,13H,3-6,8H2. The number of thioether (sulfide) groups is 1. The van der Waals surface area contributed by atoms with Crippen molar-refractivity contribution in [3.05, 3.63) is 33.9 Å². The first-order valence-corrected chi connectivity index (χ1v) is 6.67. The number of fused-ring (bicyclic) bond motifs is 1. The molecule has 0 aliphatic carbocycles. The topological polar surface area (TPSA) is 55.2 Å². The molecule has 2 heterocycles. The lowest BCUT2D eigenvalue weighted by atomic mass is 9.90. The molecule has 0 bridgehead atoms. The van der Waals surface area contributed by atoms with Gasteiger partial charge < -0.3 is 5.32 Å². The van der Waals surface area contributed by atoms with E-state index >= 15 is 0 Å². The minimum atomic E-state index is -0.311. The molecule has 0 atom stereocenters. The quantitative estimate of drug-likeness (QED) is 0.614. The first-order valence-electron chi connectivity index (χ1n) is 5.86. The molecule has 0 aromatic heterocycles. The van der Waals surface area contributed by atoms with Crippen molar-refractivity contribution in [3.8, 4) is 0 Å². The molecule has 1 aromatic rings. The molecule has 0 radical (unpaired) electrons. The van der Waals surface area contributed by atoms with Gasteiger partial charge in [-0.2, -0.15) is 0 Å². The van der Waals surface area contributed by atoms with Crippen molar-refractivity contribution < 1.29 is 4.92 Å². The molecule has 1 saturated heterocycles. The third-order valence-electron chi connectivity index (χ3n) is 3.62. The number of nitrogens with one attached hydrogen (secondary N) is 1. The monoisotopic (exact) mass is 250 g/mol. The molecule has 0 unspecified atom stereocenters. The molecule has 1 spiro atoms. The Labute approximate surface area is 104 Å². The third-order valence-corrected chi connectivity index (χ3v) is 5.20. The van der Waals surface area contributed by atoms with E-state index in [1.54, 1.807) is 12.1 Å². The number of rotatable bonds is 1. The zero-order valence-corrected chi connectivity index (χ0v) is 10.3. The summed E-state index contributed by atoms with van der Waals surface area (Å²) in [5.74, 6) is 0. The summed E-state index contributed by atoms with van der Waals surface area (Å²) in [6.45, 7) is 2.12. The minimum absolute atomic E-state index is 0.210. The van der Waals surface area contributed by atoms with E-state index in [9.17, 15) is 10.1 Å². The molecule has 4 nitrogen and oxygen atoms in total. The Morgan fingerprint density at radius 2 is 2.12 bits per heavy atom. The highest BCUT2D eigenvalue weighted by Gasteiger charge is 2.39. The maximum absolute atomic E-state index is 10.8. The van der Waals surface area contributed by atoms with Crippen LogP contribution in [0.25, 0.3) is 0 Å². The maximum atomic E-state index is 10.8. The minimum Gasteiger partial charge on any atom is -0.317 e. The molecule has 3 rings (SSSR count). The predicted octanol–water partition coefficient (Wildman–Crippen LogP) is 2.37. The first-order chi connectivity index (χ1) is 8.19. The molecular formula is C12H14N2O2S. The van der Waals surface area contributed by atoms with E-state index in [4.69, 9.17) is 0 Å². The number of nitro groups is 1. The average Bonchev–Trinajstić information content (AvgIpc) is 2.66. The second-order valence-corrected chi connectivity index (χ2v) is 6.27. The SMILES string of the molecule is O=[N+]([O-])c1ccc2c(c1)SC1(CCNCC1)C2. The van der Waals surface area contributed by atoms with E-state index in [2.05, 4.69) is 5.32 Å². The van der Waals surface area contributed by atoms with Gasteiger partial charge in [-0.1, -0.05) is 6.07 Å². The second-order valence-electron chi connectivity index (χ2n) is 4.76. The molecule has 0 amide bonds. The van der Waals surface area contributed by atoms with Crippen LogP contribution in [0.3, 0.4) is 0 Å². The number of nitro benzene ring substituents is 1. The van der Waals surface area contributed by atoms with Crippen molar-refractivity contribution in [2.75, 3.05) is 13.1 Å². The van der Waals surface area contributed by atoms with Crippen LogP contribution in [0.15, 0.2) is 23.1 Å². The Balaban J connectivity index is 1.89. The normalized spacial score (nSPS) is 21.4. The molecule has 1 aromatic carbocycles. The number of nitrogens with zero attached hydrogens (tertiary/aromatic N) is 1. The molecular weight excluding hydrogens is 236 g/mol. The zero-order valence-electron chi connectivity index (χ0n) is 9.44. The highest BCUT2D eigenvalue weighted by molar-refractivity contribution is 8.01. The van der Waals surface area contributed by atoms with Crippen molar-refractivity contribution >= 4 is 17.4 Å². The molecule has 90 valence electrons. The van der Waals surface area contributed by atoms with Crippen molar-refractivity contribution in [1.29, 1.82) is 0 Å². The number of benzene rings is 1. The van der Waals surface area contributed by atoms with Crippen molar-refractivity contribution in [1.82, 2.24) is 5.32 Å². The molecule has 2 aliphatic rings. The number of piperidine rings is 1. The second kappa shape index (κ2) is 3.99. The van der Waals surface area contributed by atoms with Crippen molar-refractivity contribution in [2.45, 2.75) is 28.9 Å². The molecule has 17 heavy (non-hydrogen) atoms. The van der Waals surface area contributed by atoms with Gasteiger partial charge in [-0.15, -0.1) is 11.8 Å². The fourth-order valence-electron chi connectivity index (χ4n) is 2.68. The Bertz CT molecular complexity index is 470. The molecule has 1 N–H and O–H groups in total. The van der Waals surface area contributed by atoms with E-state index in [-0.39, 0.29) is 10.6 Å². The van der Waals surface area contributed by atoms with Gasteiger partial charge in [-0.3, -0.25) is 10.1 Å². The van der Waals surface area contributed by atoms with E-state index in [0.717, 1.165) is 37.2 Å². The number of hydrogen-bond acceptors (Lipinski definition) is 4. The van der Waals surface area contributed by atoms with Gasteiger partial charge in [0, 0.05) is 21.8 Å². The Morgan fingerprint density at radius 3 is 2.82 bits per heavy atom. The Morgan fingerprint density at radius 1 is 1.35 bits per heavy atom. The van der Waals surface area contributed by atoms with Gasteiger partial charge in [-0.25, -0.2) is 0 Å². The Hall–Kier alpha value is -1.07. The fraction of sp³-hybridized carbons (Fsp3) is 0.500. The van der Waals surface area contributed by atoms with E-state index in [0.29, 0.717) is 4.75 Å². The summed E-state index contributed by atoms with van der Waals surface area (Å²) in [4.78, 5) is 11.6. The van der Waals surface area contributed by atoms with Gasteiger partial charge in [0.25, 0.3) is 5.69 Å². The smallest absolute Gasteiger partial charge is 0.270 e. The Kier molecular flexibility index (Phi) is 2.60. The van der Waals surface area contributed by atoms with Crippen LogP contribution >= 0.6 is 11.8 Å². The van der Waals surface area contributed by atoms with Crippen LogP contribution in [0.4, 0.5) is 5.69 Å².